The molecule has 1 fully saturated rings. The van der Waals surface area contributed by atoms with Crippen LogP contribution in [0.25, 0.3) is 17.0 Å². The second kappa shape index (κ2) is 8.41. The Hall–Kier alpha value is -3.26. The monoisotopic (exact) mass is 368 g/mol. The number of imide groups is 1. The van der Waals surface area contributed by atoms with Crippen molar-refractivity contribution in [2.24, 2.45) is 0 Å². The molecule has 8 nitrogen and oxygen atoms in total. The van der Waals surface area contributed by atoms with Crippen molar-refractivity contribution in [3.63, 3.8) is 0 Å². The first-order chi connectivity index (χ1) is 13.1. The minimum Gasteiger partial charge on any atom is -0.303 e. The molecule has 2 heterocycles. The molecular formula is C19H20N4O4. The quantitative estimate of drug-likeness (QED) is 0.228. The van der Waals surface area contributed by atoms with E-state index in [1.54, 1.807) is 23.8 Å². The van der Waals surface area contributed by atoms with Crippen LogP contribution >= 0.6 is 0 Å². The van der Waals surface area contributed by atoms with E-state index in [1.165, 1.54) is 4.90 Å². The van der Waals surface area contributed by atoms with Crippen LogP contribution in [0.1, 0.15) is 31.2 Å². The number of benzene rings is 1. The lowest BCUT2D eigenvalue weighted by Crippen LogP contribution is -2.31. The molecule has 1 aromatic carbocycles. The Kier molecular flexibility index (Phi) is 5.77. The summed E-state index contributed by atoms with van der Waals surface area (Å²) < 4.78 is 0. The van der Waals surface area contributed by atoms with E-state index in [2.05, 4.69) is 10.3 Å². The number of para-hydroxylation sites is 1. The highest BCUT2D eigenvalue weighted by molar-refractivity contribution is 6.14. The number of unbranched alkanes of at least 4 members (excludes halogenated alkanes) is 2. The summed E-state index contributed by atoms with van der Waals surface area (Å²) in [7, 11) is 0. The molecule has 27 heavy (non-hydrogen) atoms. The summed E-state index contributed by atoms with van der Waals surface area (Å²) in [6.45, 7) is 0.278. The van der Waals surface area contributed by atoms with Gasteiger partial charge >= 0.3 is 6.03 Å². The van der Waals surface area contributed by atoms with Crippen molar-refractivity contribution in [3.8, 4) is 0 Å². The molecule has 0 radical (unpaired) electrons. The minimum atomic E-state index is -0.447. The van der Waals surface area contributed by atoms with Crippen LogP contribution in [0.4, 0.5) is 4.79 Å². The number of urea groups is 1. The number of amides is 4. The molecule has 3 N–H and O–H groups in total. The second-order valence-electron chi connectivity index (χ2n) is 6.21. The summed E-state index contributed by atoms with van der Waals surface area (Å²) in [6.07, 6.45) is 5.35. The Labute approximate surface area is 155 Å². The Morgan fingerprint density at radius 1 is 1.19 bits per heavy atom. The number of aromatic nitrogens is 1. The number of hydroxylamine groups is 1. The lowest BCUT2D eigenvalue weighted by molar-refractivity contribution is -0.129. The van der Waals surface area contributed by atoms with E-state index < -0.39 is 11.9 Å². The van der Waals surface area contributed by atoms with Crippen molar-refractivity contribution in [2.45, 2.75) is 25.7 Å². The zero-order valence-corrected chi connectivity index (χ0v) is 14.6. The van der Waals surface area contributed by atoms with Gasteiger partial charge in [0.15, 0.2) is 0 Å². The average molecular weight is 368 g/mol. The van der Waals surface area contributed by atoms with Gasteiger partial charge in [-0.15, -0.1) is 0 Å². The van der Waals surface area contributed by atoms with Gasteiger partial charge in [-0.3, -0.25) is 24.7 Å². The van der Waals surface area contributed by atoms with E-state index in [0.717, 1.165) is 16.5 Å². The van der Waals surface area contributed by atoms with E-state index in [0.29, 0.717) is 19.3 Å². The first kappa shape index (κ1) is 18.5. The molecule has 140 valence electrons. The van der Waals surface area contributed by atoms with Gasteiger partial charge in [-0.2, -0.15) is 0 Å². The molecule has 2 aromatic rings. The highest BCUT2D eigenvalue weighted by atomic mass is 16.5. The second-order valence-corrected chi connectivity index (χ2v) is 6.21. The van der Waals surface area contributed by atoms with Crippen LogP contribution in [0.5, 0.6) is 0 Å². The first-order valence-corrected chi connectivity index (χ1v) is 8.71. The van der Waals surface area contributed by atoms with E-state index in [9.17, 15) is 14.4 Å². The van der Waals surface area contributed by atoms with Gasteiger partial charge in [0.05, 0.1) is 5.52 Å². The maximum absolute atomic E-state index is 12.5. The molecule has 3 rings (SSSR count). The molecule has 1 aliphatic rings. The van der Waals surface area contributed by atoms with Gasteiger partial charge in [-0.05, 0) is 36.6 Å². The molecule has 8 heteroatoms. The molecule has 0 bridgehead atoms. The van der Waals surface area contributed by atoms with Gasteiger partial charge in [0.25, 0.3) is 5.91 Å². The van der Waals surface area contributed by atoms with Crippen molar-refractivity contribution < 1.29 is 19.6 Å². The smallest absolute Gasteiger partial charge is 0.303 e. The average Bonchev–Trinajstić information content (AvgIpc) is 2.95. The lowest BCUT2D eigenvalue weighted by atomic mass is 10.1. The van der Waals surface area contributed by atoms with Crippen LogP contribution in [0.3, 0.4) is 0 Å². The molecule has 0 spiro atoms. The summed E-state index contributed by atoms with van der Waals surface area (Å²) in [5.74, 6) is -0.811. The Morgan fingerprint density at radius 2 is 2.00 bits per heavy atom. The van der Waals surface area contributed by atoms with Crippen LogP contribution in [-0.4, -0.2) is 39.5 Å². The predicted molar refractivity (Wildman–Crippen MR) is 98.4 cm³/mol. The highest BCUT2D eigenvalue weighted by Gasteiger charge is 2.32. The topological polar surface area (TPSA) is 112 Å². The maximum atomic E-state index is 12.5. The van der Waals surface area contributed by atoms with Crippen molar-refractivity contribution in [1.29, 1.82) is 0 Å². The molecule has 0 aliphatic carbocycles. The number of rotatable bonds is 7. The molecule has 4 amide bonds. The molecule has 0 atom stereocenters. The Morgan fingerprint density at radius 3 is 2.81 bits per heavy atom. The van der Waals surface area contributed by atoms with Crippen molar-refractivity contribution in [3.05, 3.63) is 47.8 Å². The molecule has 1 saturated heterocycles. The van der Waals surface area contributed by atoms with E-state index in [1.807, 2.05) is 24.3 Å². The van der Waals surface area contributed by atoms with Crippen LogP contribution in [0, 0.1) is 0 Å². The predicted octanol–water partition coefficient (Wildman–Crippen LogP) is 2.19. The maximum Gasteiger partial charge on any atom is 0.329 e. The summed E-state index contributed by atoms with van der Waals surface area (Å²) in [4.78, 5) is 41.0. The van der Waals surface area contributed by atoms with Crippen LogP contribution < -0.4 is 10.8 Å². The van der Waals surface area contributed by atoms with E-state index >= 15 is 0 Å². The number of carbonyl (C=O) groups excluding carboxylic acids is 3. The Balaban J connectivity index is 1.65. The fourth-order valence-corrected chi connectivity index (χ4v) is 2.96. The SMILES string of the molecule is O=C(CCCCCN1C(=O)N/C(=C\c2ccnc3ccccc23)C1=O)NO. The Bertz CT molecular complexity index is 904. The number of fused-ring (bicyclic) bond motifs is 1. The summed E-state index contributed by atoms with van der Waals surface area (Å²) in [6, 6.07) is 8.93. The number of carbonyl (C=O) groups is 3. The number of hydrogen-bond donors (Lipinski definition) is 3. The van der Waals surface area contributed by atoms with Gasteiger partial charge in [0, 0.05) is 24.5 Å². The molecule has 0 unspecified atom stereocenters. The number of pyridine rings is 1. The van der Waals surface area contributed by atoms with Gasteiger partial charge in [0.1, 0.15) is 5.70 Å². The molecule has 1 aromatic heterocycles. The van der Waals surface area contributed by atoms with Crippen molar-refractivity contribution in [1.82, 2.24) is 20.7 Å². The van der Waals surface area contributed by atoms with Crippen LogP contribution in [-0.2, 0) is 9.59 Å². The largest absolute Gasteiger partial charge is 0.329 e. The van der Waals surface area contributed by atoms with Gasteiger partial charge in [0.2, 0.25) is 5.91 Å². The van der Waals surface area contributed by atoms with Crippen molar-refractivity contribution >= 4 is 34.8 Å². The third-order valence-corrected chi connectivity index (χ3v) is 4.36. The summed E-state index contributed by atoms with van der Waals surface area (Å²) in [5.41, 5.74) is 3.42. The molecular weight excluding hydrogens is 348 g/mol. The molecule has 1 aliphatic heterocycles. The zero-order valence-electron chi connectivity index (χ0n) is 14.6. The number of nitrogens with zero attached hydrogens (tertiary/aromatic N) is 2. The van der Waals surface area contributed by atoms with Crippen molar-refractivity contribution in [2.75, 3.05) is 6.54 Å². The van der Waals surface area contributed by atoms with Gasteiger partial charge in [-0.1, -0.05) is 24.6 Å². The fraction of sp³-hybridized carbons (Fsp3) is 0.263. The first-order valence-electron chi connectivity index (χ1n) is 8.71. The number of nitrogens with one attached hydrogen (secondary N) is 2. The van der Waals surface area contributed by atoms with Crippen LogP contribution in [0.2, 0.25) is 0 Å². The number of hydrogen-bond acceptors (Lipinski definition) is 5. The van der Waals surface area contributed by atoms with Gasteiger partial charge < -0.3 is 5.32 Å². The van der Waals surface area contributed by atoms with E-state index in [-0.39, 0.29) is 24.6 Å². The summed E-state index contributed by atoms with van der Waals surface area (Å²) in [5, 5.41) is 11.9. The van der Waals surface area contributed by atoms with E-state index in [4.69, 9.17) is 5.21 Å². The highest BCUT2D eigenvalue weighted by Crippen LogP contribution is 2.21. The van der Waals surface area contributed by atoms with Crippen LogP contribution in [0.15, 0.2) is 42.2 Å². The normalized spacial score (nSPS) is 15.4. The third-order valence-electron chi connectivity index (χ3n) is 4.36. The summed E-state index contributed by atoms with van der Waals surface area (Å²) >= 11 is 0. The zero-order chi connectivity index (χ0) is 19.2. The lowest BCUT2D eigenvalue weighted by Gasteiger charge is -2.11. The molecule has 0 saturated carbocycles. The third kappa shape index (κ3) is 4.29. The van der Waals surface area contributed by atoms with Gasteiger partial charge in [-0.25, -0.2) is 10.3 Å². The minimum absolute atomic E-state index is 0.205. The fourth-order valence-electron chi connectivity index (χ4n) is 2.96. The standard InChI is InChI=1S/C19H20N4O4/c24-17(22-27)8-2-1-5-11-23-18(25)16(21-19(23)26)12-13-9-10-20-15-7-4-3-6-14(13)15/h3-4,6-7,9-10,12,27H,1-2,5,8,11H2,(H,21,26)(H,22,24)/b16-12-.